The van der Waals surface area contributed by atoms with Crippen LogP contribution in [0.1, 0.15) is 65.2 Å². The van der Waals surface area contributed by atoms with Crippen LogP contribution in [0.2, 0.25) is 10.6 Å². The quantitative estimate of drug-likeness (QED) is 0.764. The monoisotopic (exact) mass is 339 g/mol. The second kappa shape index (κ2) is 3.84. The van der Waals surface area contributed by atoms with Gasteiger partial charge in [0.15, 0.2) is 0 Å². The molecule has 7 atom stereocenters. The number of amides is 1. The van der Waals surface area contributed by atoms with E-state index in [1.165, 1.54) is 44.9 Å². The van der Waals surface area contributed by atoms with Crippen molar-refractivity contribution in [3.05, 3.63) is 12.2 Å². The van der Waals surface area contributed by atoms with Gasteiger partial charge < -0.3 is 5.73 Å². The van der Waals surface area contributed by atoms with Crippen molar-refractivity contribution >= 4 is 19.5 Å². The van der Waals surface area contributed by atoms with Crippen LogP contribution in [0.3, 0.4) is 0 Å². The average molecular weight is 340 g/mol. The van der Waals surface area contributed by atoms with Crippen molar-refractivity contribution in [2.75, 3.05) is 0 Å². The first-order valence-corrected chi connectivity index (χ1v) is 11.8. The molecule has 1 aliphatic heterocycles. The summed E-state index contributed by atoms with van der Waals surface area (Å²) in [5, 5.41) is 2.38. The van der Waals surface area contributed by atoms with Crippen LogP contribution in [0.25, 0.3) is 0 Å². The first-order chi connectivity index (χ1) is 11.6. The molecule has 5 aliphatic carbocycles. The maximum atomic E-state index is 12.4. The van der Waals surface area contributed by atoms with Crippen molar-refractivity contribution in [3.63, 3.8) is 0 Å². The van der Waals surface area contributed by atoms with Gasteiger partial charge in [-0.3, -0.25) is 4.79 Å². The van der Waals surface area contributed by atoms with Crippen LogP contribution in [0.5, 0.6) is 0 Å². The standard InChI is InChI=1S/C21H29NOSi/c1-13-9-10-14(2)24(13)19-12-8-6-4-3-5-7-11-18(17(22)23)15-20(18)16(19)21(15,19)20/h9-10,13,15-16H,3-8,11-12H2,1-2H3,(H2,22,23). The van der Waals surface area contributed by atoms with Gasteiger partial charge in [-0.1, -0.05) is 62.8 Å². The van der Waals surface area contributed by atoms with Gasteiger partial charge in [0.1, 0.15) is 0 Å². The van der Waals surface area contributed by atoms with E-state index in [0.717, 1.165) is 23.8 Å². The largest absolute Gasteiger partial charge is 0.369 e. The van der Waals surface area contributed by atoms with Gasteiger partial charge in [0, 0.05) is 13.8 Å². The Kier molecular flexibility index (Phi) is 2.32. The van der Waals surface area contributed by atoms with Crippen molar-refractivity contribution in [2.24, 2.45) is 33.8 Å². The van der Waals surface area contributed by atoms with E-state index in [9.17, 15) is 4.79 Å². The van der Waals surface area contributed by atoms with Crippen molar-refractivity contribution in [2.45, 2.75) is 75.8 Å². The Bertz CT molecular complexity index is 755. The van der Waals surface area contributed by atoms with Gasteiger partial charge in [0.2, 0.25) is 5.91 Å². The maximum Gasteiger partial charge on any atom is 0.224 e. The molecule has 2 N–H and O–H groups in total. The summed E-state index contributed by atoms with van der Waals surface area (Å²) in [4.78, 5) is 12.4. The first kappa shape index (κ1) is 14.5. The Balaban J connectivity index is 1.38. The number of nitrogens with two attached hydrogens (primary N) is 1. The van der Waals surface area contributed by atoms with Gasteiger partial charge in [0.05, 0.1) is 5.41 Å². The second-order valence-corrected chi connectivity index (χ2v) is 13.2. The number of hydrogen-bond acceptors (Lipinski definition) is 1. The van der Waals surface area contributed by atoms with E-state index in [1.54, 1.807) is 5.17 Å². The summed E-state index contributed by atoms with van der Waals surface area (Å²) < 4.78 is 0. The van der Waals surface area contributed by atoms with E-state index in [0.29, 0.717) is 15.9 Å². The molecule has 24 heavy (non-hydrogen) atoms. The van der Waals surface area contributed by atoms with Gasteiger partial charge >= 0.3 is 0 Å². The topological polar surface area (TPSA) is 43.1 Å². The molecule has 5 fully saturated rings. The molecule has 0 bridgehead atoms. The molecule has 0 radical (unpaired) electrons. The van der Waals surface area contributed by atoms with E-state index < -0.39 is 8.41 Å². The van der Waals surface area contributed by atoms with Crippen LogP contribution in [-0.4, -0.2) is 19.5 Å². The van der Waals surface area contributed by atoms with Crippen LogP contribution >= 0.6 is 0 Å². The summed E-state index contributed by atoms with van der Waals surface area (Å²) in [7, 11) is -0.454. The van der Waals surface area contributed by atoms with Crippen molar-refractivity contribution in [3.8, 4) is 0 Å². The SMILES string of the molecule is CC1=[Si](C23CCCCCCCCC4(C(N)=O)C5C46C2C536)C(C)C=C1. The Labute approximate surface area is 146 Å². The second-order valence-electron chi connectivity index (χ2n) is 9.78. The predicted octanol–water partition coefficient (Wildman–Crippen LogP) is 3.82. The minimum atomic E-state index is -0.454. The van der Waals surface area contributed by atoms with Gasteiger partial charge in [-0.2, -0.15) is 0 Å². The summed E-state index contributed by atoms with van der Waals surface area (Å²) in [5.74, 6) is 1.69. The maximum absolute atomic E-state index is 12.4. The number of fused-ring (bicyclic) bond motifs is 1. The highest BCUT2D eigenvalue weighted by molar-refractivity contribution is 6.80. The molecule has 0 aromatic carbocycles. The Hall–Kier alpha value is -0.703. The van der Waals surface area contributed by atoms with Gasteiger partial charge in [-0.15, -0.1) is 0 Å². The highest BCUT2D eigenvalue weighted by Gasteiger charge is 3.32. The fourth-order valence-electron chi connectivity index (χ4n) is 9.06. The molecule has 128 valence electrons. The molecule has 6 aliphatic rings. The third-order valence-electron chi connectivity index (χ3n) is 9.46. The third kappa shape index (κ3) is 1.03. The summed E-state index contributed by atoms with van der Waals surface area (Å²) >= 11 is 0. The third-order valence-corrected chi connectivity index (χ3v) is 13.5. The van der Waals surface area contributed by atoms with Crippen LogP contribution in [-0.2, 0) is 4.79 Å². The van der Waals surface area contributed by atoms with Crippen LogP contribution in [0, 0.1) is 28.1 Å². The molecule has 1 amide bonds. The zero-order chi connectivity index (χ0) is 16.5. The average Bonchev–Trinajstić information content (AvgIpc) is 3.44. The molecular weight excluding hydrogens is 310 g/mol. The first-order valence-electron chi connectivity index (χ1n) is 10.3. The Morgan fingerprint density at radius 3 is 2.29 bits per heavy atom. The minimum Gasteiger partial charge on any atom is -0.369 e. The number of carbonyl (C=O) groups excluding carboxylic acids is 1. The van der Waals surface area contributed by atoms with E-state index in [1.807, 2.05) is 0 Å². The molecule has 3 heteroatoms. The molecule has 2 nitrogen and oxygen atoms in total. The summed E-state index contributed by atoms with van der Waals surface area (Å²) in [6.07, 6.45) is 15.6. The van der Waals surface area contributed by atoms with E-state index in [-0.39, 0.29) is 11.3 Å². The number of rotatable bonds is 2. The van der Waals surface area contributed by atoms with E-state index >= 15 is 0 Å². The molecule has 0 aromatic heterocycles. The lowest BCUT2D eigenvalue weighted by Crippen LogP contribution is -2.39. The van der Waals surface area contributed by atoms with Gasteiger partial charge in [0.25, 0.3) is 0 Å². The van der Waals surface area contributed by atoms with Crippen LogP contribution < -0.4 is 5.73 Å². The van der Waals surface area contributed by atoms with Gasteiger partial charge in [-0.25, -0.2) is 0 Å². The highest BCUT2D eigenvalue weighted by atomic mass is 28.2. The number of carbonyl (C=O) groups is 1. The summed E-state index contributed by atoms with van der Waals surface area (Å²) in [6.45, 7) is 4.86. The fraction of sp³-hybridized carbons (Fsp3) is 0.810. The molecule has 6 rings (SSSR count). The lowest BCUT2D eigenvalue weighted by Gasteiger charge is -2.36. The molecule has 7 unspecified atom stereocenters. The number of primary amides is 1. The highest BCUT2D eigenvalue weighted by Crippen LogP contribution is 3.34. The summed E-state index contributed by atoms with van der Waals surface area (Å²) in [5.41, 5.74) is 7.80. The minimum absolute atomic E-state index is 0.0357. The Morgan fingerprint density at radius 2 is 1.75 bits per heavy atom. The smallest absolute Gasteiger partial charge is 0.224 e. The van der Waals surface area contributed by atoms with Crippen LogP contribution in [0.4, 0.5) is 0 Å². The lowest BCUT2D eigenvalue weighted by atomic mass is 9.78. The predicted molar refractivity (Wildman–Crippen MR) is 98.1 cm³/mol. The molecule has 0 aromatic rings. The van der Waals surface area contributed by atoms with Gasteiger partial charge in [-0.05, 0) is 47.6 Å². The number of hydrogen-bond donors (Lipinski definition) is 1. The van der Waals surface area contributed by atoms with Crippen LogP contribution in [0.15, 0.2) is 12.2 Å². The normalized spacial score (nSPS) is 59.0. The number of allylic oxidation sites excluding steroid dienone is 2. The molecule has 5 saturated carbocycles. The van der Waals surface area contributed by atoms with E-state index in [2.05, 4.69) is 26.0 Å². The Morgan fingerprint density at radius 1 is 1.08 bits per heavy atom. The van der Waals surface area contributed by atoms with Crippen molar-refractivity contribution in [1.29, 1.82) is 0 Å². The van der Waals surface area contributed by atoms with E-state index in [4.69, 9.17) is 5.73 Å². The van der Waals surface area contributed by atoms with Crippen molar-refractivity contribution < 1.29 is 4.79 Å². The molecule has 0 saturated heterocycles. The fourth-order valence-corrected chi connectivity index (χ4v) is 13.9. The zero-order valence-corrected chi connectivity index (χ0v) is 16.0. The molecule has 2 spiro atoms. The zero-order valence-electron chi connectivity index (χ0n) is 15.0. The molecule has 1 heterocycles. The molecular formula is C21H29NOSi. The van der Waals surface area contributed by atoms with Crippen molar-refractivity contribution in [1.82, 2.24) is 0 Å². The summed E-state index contributed by atoms with van der Waals surface area (Å²) in [6, 6.07) is 0. The lowest BCUT2D eigenvalue weighted by molar-refractivity contribution is -0.126.